The number of oxazole rings is 1. The van der Waals surface area contributed by atoms with Crippen molar-refractivity contribution in [2.45, 2.75) is 19.8 Å². The van der Waals surface area contributed by atoms with E-state index >= 15 is 0 Å². The molecule has 6 heteroatoms. The van der Waals surface area contributed by atoms with Crippen molar-refractivity contribution >= 4 is 40.4 Å². The standard InChI is InChI=1S/C23H19ClN2O3/c1-14(2)15-5-9-21-20(12-15)26-23(29-21)18-13-16(6-8-19(18)24)25-22(27)10-7-17-4-3-11-28-17/h3-14H,1-2H3,(H,25,27). The minimum Gasteiger partial charge on any atom is -0.465 e. The molecule has 0 spiro atoms. The number of nitrogens with one attached hydrogen (secondary N) is 1. The van der Waals surface area contributed by atoms with E-state index in [0.717, 1.165) is 5.52 Å². The molecular weight excluding hydrogens is 388 g/mol. The van der Waals surface area contributed by atoms with Crippen molar-refractivity contribution in [3.8, 4) is 11.5 Å². The third kappa shape index (κ3) is 4.25. The van der Waals surface area contributed by atoms with Gasteiger partial charge in [-0.1, -0.05) is 31.5 Å². The molecule has 29 heavy (non-hydrogen) atoms. The molecule has 0 saturated heterocycles. The third-order valence-electron chi connectivity index (χ3n) is 4.48. The zero-order valence-electron chi connectivity index (χ0n) is 16.0. The first-order valence-electron chi connectivity index (χ1n) is 9.22. The highest BCUT2D eigenvalue weighted by atomic mass is 35.5. The Labute approximate surface area is 173 Å². The van der Waals surface area contributed by atoms with Gasteiger partial charge in [0.1, 0.15) is 11.3 Å². The molecule has 0 aliphatic carbocycles. The normalized spacial score (nSPS) is 11.6. The molecule has 4 aromatic rings. The van der Waals surface area contributed by atoms with Gasteiger partial charge in [-0.15, -0.1) is 0 Å². The number of furan rings is 1. The smallest absolute Gasteiger partial charge is 0.248 e. The number of amides is 1. The third-order valence-corrected chi connectivity index (χ3v) is 4.81. The molecule has 146 valence electrons. The lowest BCUT2D eigenvalue weighted by molar-refractivity contribution is -0.111. The summed E-state index contributed by atoms with van der Waals surface area (Å²) in [4.78, 5) is 16.8. The average Bonchev–Trinajstić information content (AvgIpc) is 3.36. The van der Waals surface area contributed by atoms with Crippen molar-refractivity contribution in [2.24, 2.45) is 0 Å². The molecule has 1 N–H and O–H groups in total. The summed E-state index contributed by atoms with van der Waals surface area (Å²) in [6, 6.07) is 14.7. The molecule has 0 fully saturated rings. The molecule has 0 radical (unpaired) electrons. The van der Waals surface area contributed by atoms with E-state index in [1.807, 2.05) is 18.2 Å². The van der Waals surface area contributed by atoms with Crippen molar-refractivity contribution in [2.75, 3.05) is 5.32 Å². The topological polar surface area (TPSA) is 68.3 Å². The number of benzene rings is 2. The fraction of sp³-hybridized carbons (Fsp3) is 0.130. The molecule has 2 heterocycles. The summed E-state index contributed by atoms with van der Waals surface area (Å²) < 4.78 is 11.1. The lowest BCUT2D eigenvalue weighted by atomic mass is 10.0. The maximum atomic E-state index is 12.2. The van der Waals surface area contributed by atoms with Gasteiger partial charge in [-0.2, -0.15) is 0 Å². The molecule has 0 aliphatic heterocycles. The number of carbonyl (C=O) groups excluding carboxylic acids is 1. The molecule has 0 aliphatic rings. The van der Waals surface area contributed by atoms with E-state index in [4.69, 9.17) is 20.4 Å². The Balaban J connectivity index is 1.60. The second kappa shape index (κ2) is 7.97. The van der Waals surface area contributed by atoms with Crippen LogP contribution in [0.3, 0.4) is 0 Å². The van der Waals surface area contributed by atoms with Crippen molar-refractivity contribution in [1.29, 1.82) is 0 Å². The first kappa shape index (κ1) is 19.0. The SMILES string of the molecule is CC(C)c1ccc2oc(-c3cc(NC(=O)C=Cc4ccco4)ccc3Cl)nc2c1. The van der Waals surface area contributed by atoms with Crippen LogP contribution in [0.15, 0.2) is 69.7 Å². The Morgan fingerprint density at radius 1 is 1.17 bits per heavy atom. The number of aromatic nitrogens is 1. The van der Waals surface area contributed by atoms with E-state index in [-0.39, 0.29) is 5.91 Å². The van der Waals surface area contributed by atoms with Gasteiger partial charge < -0.3 is 14.2 Å². The highest BCUT2D eigenvalue weighted by Crippen LogP contribution is 2.33. The van der Waals surface area contributed by atoms with Gasteiger partial charge in [0.15, 0.2) is 5.58 Å². The fourth-order valence-electron chi connectivity index (χ4n) is 2.91. The molecular formula is C23H19ClN2O3. The number of carbonyl (C=O) groups is 1. The van der Waals surface area contributed by atoms with Gasteiger partial charge in [-0.3, -0.25) is 4.79 Å². The fourth-order valence-corrected chi connectivity index (χ4v) is 3.11. The Morgan fingerprint density at radius 2 is 2.03 bits per heavy atom. The van der Waals surface area contributed by atoms with Crippen LogP contribution in [0.2, 0.25) is 5.02 Å². The first-order chi connectivity index (χ1) is 14.0. The number of hydrogen-bond donors (Lipinski definition) is 1. The Hall–Kier alpha value is -3.31. The van der Waals surface area contributed by atoms with E-state index < -0.39 is 0 Å². The van der Waals surface area contributed by atoms with Crippen LogP contribution in [0, 0.1) is 0 Å². The Kier molecular flexibility index (Phi) is 5.23. The number of hydrogen-bond acceptors (Lipinski definition) is 4. The minimum absolute atomic E-state index is 0.284. The first-order valence-corrected chi connectivity index (χ1v) is 9.60. The van der Waals surface area contributed by atoms with Gasteiger partial charge in [0.05, 0.1) is 16.8 Å². The van der Waals surface area contributed by atoms with Crippen LogP contribution >= 0.6 is 11.6 Å². The van der Waals surface area contributed by atoms with Crippen LogP contribution in [0.4, 0.5) is 5.69 Å². The monoisotopic (exact) mass is 406 g/mol. The van der Waals surface area contributed by atoms with E-state index in [0.29, 0.717) is 39.4 Å². The molecule has 0 unspecified atom stereocenters. The van der Waals surface area contributed by atoms with Crippen LogP contribution in [-0.2, 0) is 4.79 Å². The second-order valence-corrected chi connectivity index (χ2v) is 7.34. The van der Waals surface area contributed by atoms with E-state index in [2.05, 4.69) is 24.1 Å². The molecule has 4 rings (SSSR count). The van der Waals surface area contributed by atoms with Crippen molar-refractivity contribution in [1.82, 2.24) is 4.98 Å². The van der Waals surface area contributed by atoms with Crippen LogP contribution in [0.25, 0.3) is 28.6 Å². The zero-order chi connectivity index (χ0) is 20.4. The summed E-state index contributed by atoms with van der Waals surface area (Å²) in [7, 11) is 0. The summed E-state index contributed by atoms with van der Waals surface area (Å²) in [5.74, 6) is 1.13. The van der Waals surface area contributed by atoms with Crippen LogP contribution in [0.5, 0.6) is 0 Å². The number of anilines is 1. The summed E-state index contributed by atoms with van der Waals surface area (Å²) in [5.41, 5.74) is 3.85. The molecule has 5 nitrogen and oxygen atoms in total. The molecule has 0 atom stereocenters. The van der Waals surface area contributed by atoms with E-state index in [9.17, 15) is 4.79 Å². The van der Waals surface area contributed by atoms with Crippen LogP contribution < -0.4 is 5.32 Å². The van der Waals surface area contributed by atoms with Crippen molar-refractivity contribution in [3.63, 3.8) is 0 Å². The van der Waals surface area contributed by atoms with Crippen molar-refractivity contribution in [3.05, 3.63) is 77.2 Å². The summed E-state index contributed by atoms with van der Waals surface area (Å²) in [6.07, 6.45) is 4.55. The quantitative estimate of drug-likeness (QED) is 0.383. The van der Waals surface area contributed by atoms with Crippen LogP contribution in [0.1, 0.15) is 31.1 Å². The summed E-state index contributed by atoms with van der Waals surface area (Å²) in [5, 5.41) is 3.29. The van der Waals surface area contributed by atoms with Gasteiger partial charge in [-0.25, -0.2) is 4.98 Å². The maximum absolute atomic E-state index is 12.2. The molecule has 0 bridgehead atoms. The molecule has 1 amide bonds. The summed E-state index contributed by atoms with van der Waals surface area (Å²) in [6.45, 7) is 4.26. The largest absolute Gasteiger partial charge is 0.465 e. The van der Waals surface area contributed by atoms with Crippen LogP contribution in [-0.4, -0.2) is 10.9 Å². The summed E-state index contributed by atoms with van der Waals surface area (Å²) >= 11 is 6.37. The highest BCUT2D eigenvalue weighted by molar-refractivity contribution is 6.33. The van der Waals surface area contributed by atoms with Gasteiger partial charge in [0.2, 0.25) is 11.8 Å². The minimum atomic E-state index is -0.284. The number of nitrogens with zero attached hydrogens (tertiary/aromatic N) is 1. The van der Waals surface area contributed by atoms with Gasteiger partial charge in [-0.05, 0) is 60.0 Å². The maximum Gasteiger partial charge on any atom is 0.248 e. The predicted molar refractivity (Wildman–Crippen MR) is 115 cm³/mol. The van der Waals surface area contributed by atoms with Gasteiger partial charge in [0, 0.05) is 11.8 Å². The van der Waals surface area contributed by atoms with Crippen molar-refractivity contribution < 1.29 is 13.6 Å². The van der Waals surface area contributed by atoms with E-state index in [1.165, 1.54) is 11.6 Å². The lowest BCUT2D eigenvalue weighted by Gasteiger charge is -2.05. The van der Waals surface area contributed by atoms with Gasteiger partial charge >= 0.3 is 0 Å². The lowest BCUT2D eigenvalue weighted by Crippen LogP contribution is -2.07. The van der Waals surface area contributed by atoms with Gasteiger partial charge in [0.25, 0.3) is 0 Å². The van der Waals surface area contributed by atoms with E-state index in [1.54, 1.807) is 42.7 Å². The second-order valence-electron chi connectivity index (χ2n) is 6.93. The molecule has 2 aromatic carbocycles. The average molecular weight is 407 g/mol. The number of halogens is 1. The highest BCUT2D eigenvalue weighted by Gasteiger charge is 2.14. The predicted octanol–water partition coefficient (Wildman–Crippen LogP) is 6.52. The number of rotatable bonds is 5. The molecule has 2 aromatic heterocycles. The zero-order valence-corrected chi connectivity index (χ0v) is 16.7. The molecule has 0 saturated carbocycles. The Morgan fingerprint density at radius 3 is 2.79 bits per heavy atom. The number of fused-ring (bicyclic) bond motifs is 1. The Bertz CT molecular complexity index is 1190.